The average Bonchev–Trinajstić information content (AvgIpc) is 3.33. The molecular weight excluding hydrogens is 595 g/mol. The molecule has 2 saturated heterocycles. The summed E-state index contributed by atoms with van der Waals surface area (Å²) >= 11 is 6.83. The normalized spacial score (nSPS) is 16.7. The number of carbonyl (C=O) groups is 1. The number of benzene rings is 2. The fraction of sp³-hybridized carbons (Fsp3) is 0.273. The maximum atomic E-state index is 13.8. The van der Waals surface area contributed by atoms with E-state index in [4.69, 9.17) is 26.7 Å². The molecule has 2 aliphatic rings. The number of carbonyl (C=O) groups excluding carboxylic acids is 1. The number of pyridine rings is 1. The van der Waals surface area contributed by atoms with E-state index in [-0.39, 0.29) is 11.5 Å². The van der Waals surface area contributed by atoms with Gasteiger partial charge in [-0.2, -0.15) is 0 Å². The molecule has 0 spiro atoms. The van der Waals surface area contributed by atoms with Crippen LogP contribution >= 0.6 is 24.0 Å². The molecule has 0 unspecified atom stereocenters. The predicted molar refractivity (Wildman–Crippen MR) is 179 cm³/mol. The molecule has 0 N–H and O–H groups in total. The topological polar surface area (TPSA) is 79.6 Å². The summed E-state index contributed by atoms with van der Waals surface area (Å²) in [6.45, 7) is 4.39. The zero-order valence-corrected chi connectivity index (χ0v) is 26.3. The lowest BCUT2D eigenvalue weighted by atomic mass is 10.1. The molecule has 9 nitrogen and oxygen atoms in total. The Balaban J connectivity index is 1.24. The number of nitrogens with zero attached hydrogens (tertiary/aromatic N) is 5. The Morgan fingerprint density at radius 3 is 2.41 bits per heavy atom. The standard InChI is InChI=1S/C33H33N5O4S2/c1-41-26-12-11-23(20-27(26)42-2)13-15-38-32(40)28(44-33(38)43)21-25-30(34-29-10-6-7-14-37(29)31(25)39)36-18-16-35(17-19-36)22-24-8-4-3-5-9-24/h3-12,14,20-21H,13,15-19,22H2,1-2H3/b28-21+. The van der Waals surface area contributed by atoms with Crippen LogP contribution in [0.3, 0.4) is 0 Å². The van der Waals surface area contributed by atoms with Crippen LogP contribution in [0.1, 0.15) is 16.7 Å². The third-order valence-electron chi connectivity index (χ3n) is 7.89. The summed E-state index contributed by atoms with van der Waals surface area (Å²) in [5.41, 5.74) is 3.01. The van der Waals surface area contributed by atoms with Crippen LogP contribution in [0, 0.1) is 0 Å². The van der Waals surface area contributed by atoms with Crippen LogP contribution in [0.4, 0.5) is 5.82 Å². The van der Waals surface area contributed by atoms with Gasteiger partial charge in [-0.25, -0.2) is 4.98 Å². The monoisotopic (exact) mass is 627 g/mol. The first-order chi connectivity index (χ1) is 21.4. The van der Waals surface area contributed by atoms with Gasteiger partial charge in [0.1, 0.15) is 15.8 Å². The molecule has 44 heavy (non-hydrogen) atoms. The van der Waals surface area contributed by atoms with Gasteiger partial charge in [-0.3, -0.25) is 23.8 Å². The number of amides is 1. The van der Waals surface area contributed by atoms with Crippen molar-refractivity contribution in [1.82, 2.24) is 19.2 Å². The molecule has 0 bridgehead atoms. The first kappa shape index (κ1) is 29.9. The highest BCUT2D eigenvalue weighted by molar-refractivity contribution is 8.26. The SMILES string of the molecule is COc1ccc(CCN2C(=O)/C(=C\c3c(N4CCN(Cc5ccccc5)CC4)nc4ccccn4c3=O)SC2=S)cc1OC. The Bertz CT molecular complexity index is 1780. The van der Waals surface area contributed by atoms with Gasteiger partial charge < -0.3 is 14.4 Å². The van der Waals surface area contributed by atoms with Crippen LogP contribution in [0.2, 0.25) is 0 Å². The summed E-state index contributed by atoms with van der Waals surface area (Å²) in [6, 6.07) is 21.6. The van der Waals surface area contributed by atoms with Crippen LogP contribution < -0.4 is 19.9 Å². The maximum Gasteiger partial charge on any atom is 0.267 e. The van der Waals surface area contributed by atoms with Gasteiger partial charge in [0.15, 0.2) is 11.5 Å². The van der Waals surface area contributed by atoms with E-state index in [0.29, 0.717) is 50.7 Å². The fourth-order valence-corrected chi connectivity index (χ4v) is 6.81. The van der Waals surface area contributed by atoms with Gasteiger partial charge in [0.25, 0.3) is 11.5 Å². The summed E-state index contributed by atoms with van der Waals surface area (Å²) in [7, 11) is 3.19. The lowest BCUT2D eigenvalue weighted by Crippen LogP contribution is -2.47. The summed E-state index contributed by atoms with van der Waals surface area (Å²) in [4.78, 5) is 38.9. The summed E-state index contributed by atoms with van der Waals surface area (Å²) in [5, 5.41) is 0. The van der Waals surface area contributed by atoms with Crippen LogP contribution in [-0.4, -0.2) is 76.4 Å². The molecule has 226 valence electrons. The van der Waals surface area contributed by atoms with Crippen molar-refractivity contribution in [3.8, 4) is 11.5 Å². The number of methoxy groups -OCH3 is 2. The lowest BCUT2D eigenvalue weighted by Gasteiger charge is -2.36. The van der Waals surface area contributed by atoms with Gasteiger partial charge in [-0.1, -0.05) is 66.4 Å². The van der Waals surface area contributed by atoms with Gasteiger partial charge in [-0.05, 0) is 47.9 Å². The summed E-state index contributed by atoms with van der Waals surface area (Å²) in [5.74, 6) is 1.66. The van der Waals surface area contributed by atoms with Crippen molar-refractivity contribution in [1.29, 1.82) is 0 Å². The molecule has 0 saturated carbocycles. The molecule has 4 aromatic rings. The first-order valence-electron chi connectivity index (χ1n) is 14.4. The van der Waals surface area contributed by atoms with E-state index < -0.39 is 0 Å². The van der Waals surface area contributed by atoms with E-state index in [1.807, 2.05) is 36.4 Å². The van der Waals surface area contributed by atoms with E-state index >= 15 is 0 Å². The molecule has 0 atom stereocenters. The third-order valence-corrected chi connectivity index (χ3v) is 9.27. The number of thioether (sulfide) groups is 1. The quantitative estimate of drug-likeness (QED) is 0.197. The molecule has 4 heterocycles. The fourth-order valence-electron chi connectivity index (χ4n) is 5.52. The van der Waals surface area contributed by atoms with Gasteiger partial charge in [-0.15, -0.1) is 0 Å². The Morgan fingerprint density at radius 1 is 0.909 bits per heavy atom. The second-order valence-electron chi connectivity index (χ2n) is 10.6. The minimum Gasteiger partial charge on any atom is -0.493 e. The molecule has 2 aromatic carbocycles. The van der Waals surface area contributed by atoms with E-state index in [1.165, 1.54) is 21.7 Å². The number of hydrogen-bond acceptors (Lipinski definition) is 9. The van der Waals surface area contributed by atoms with Crippen molar-refractivity contribution in [3.63, 3.8) is 0 Å². The van der Waals surface area contributed by atoms with Gasteiger partial charge in [0.2, 0.25) is 0 Å². The van der Waals surface area contributed by atoms with Gasteiger partial charge >= 0.3 is 0 Å². The molecule has 0 aliphatic carbocycles. The molecule has 2 aliphatic heterocycles. The van der Waals surface area contributed by atoms with E-state index in [0.717, 1.165) is 38.3 Å². The summed E-state index contributed by atoms with van der Waals surface area (Å²) in [6.07, 6.45) is 3.97. The Hall–Kier alpha value is -4.19. The van der Waals surface area contributed by atoms with Gasteiger partial charge in [0.05, 0.1) is 24.7 Å². The van der Waals surface area contributed by atoms with Crippen molar-refractivity contribution in [2.24, 2.45) is 0 Å². The van der Waals surface area contributed by atoms with Crippen LogP contribution in [-0.2, 0) is 17.8 Å². The molecule has 11 heteroatoms. The Morgan fingerprint density at radius 2 is 1.66 bits per heavy atom. The maximum absolute atomic E-state index is 13.8. The van der Waals surface area contributed by atoms with Crippen molar-refractivity contribution in [2.45, 2.75) is 13.0 Å². The van der Waals surface area contributed by atoms with Crippen LogP contribution in [0.15, 0.2) is 82.6 Å². The highest BCUT2D eigenvalue weighted by Gasteiger charge is 2.33. The average molecular weight is 628 g/mol. The second-order valence-corrected chi connectivity index (χ2v) is 12.3. The number of hydrogen-bond donors (Lipinski definition) is 0. The number of anilines is 1. The minimum atomic E-state index is -0.215. The Labute approximate surface area is 265 Å². The summed E-state index contributed by atoms with van der Waals surface area (Å²) < 4.78 is 12.7. The number of piperazine rings is 1. The lowest BCUT2D eigenvalue weighted by molar-refractivity contribution is -0.122. The van der Waals surface area contributed by atoms with Crippen molar-refractivity contribution in [2.75, 3.05) is 51.8 Å². The van der Waals surface area contributed by atoms with E-state index in [2.05, 4.69) is 34.1 Å². The smallest absolute Gasteiger partial charge is 0.267 e. The highest BCUT2D eigenvalue weighted by atomic mass is 32.2. The first-order valence-corrected chi connectivity index (χ1v) is 15.7. The zero-order valence-electron chi connectivity index (χ0n) is 24.6. The Kier molecular flexibility index (Phi) is 8.96. The minimum absolute atomic E-state index is 0.211. The molecule has 1 amide bonds. The molecule has 0 radical (unpaired) electrons. The van der Waals surface area contributed by atoms with Crippen LogP contribution in [0.25, 0.3) is 11.7 Å². The molecule has 6 rings (SSSR count). The second kappa shape index (κ2) is 13.2. The number of ether oxygens (including phenoxy) is 2. The van der Waals surface area contributed by atoms with Gasteiger partial charge in [0, 0.05) is 45.5 Å². The van der Waals surface area contributed by atoms with Crippen molar-refractivity contribution < 1.29 is 14.3 Å². The molecular formula is C33H33N5O4S2. The van der Waals surface area contributed by atoms with Crippen molar-refractivity contribution in [3.05, 3.63) is 105 Å². The van der Waals surface area contributed by atoms with Crippen molar-refractivity contribution >= 4 is 51.7 Å². The van der Waals surface area contributed by atoms with Crippen LogP contribution in [0.5, 0.6) is 11.5 Å². The van der Waals surface area contributed by atoms with E-state index in [9.17, 15) is 9.59 Å². The largest absolute Gasteiger partial charge is 0.493 e. The molecule has 2 aromatic heterocycles. The number of aromatic nitrogens is 2. The number of rotatable bonds is 9. The highest BCUT2D eigenvalue weighted by Crippen LogP contribution is 2.34. The molecule has 2 fully saturated rings. The predicted octanol–water partition coefficient (Wildman–Crippen LogP) is 4.48. The zero-order chi connectivity index (χ0) is 30.6. The van der Waals surface area contributed by atoms with E-state index in [1.54, 1.807) is 37.5 Å². The number of thiocarbonyl (C=S) groups is 1. The third kappa shape index (κ3) is 6.21. The number of fused-ring (bicyclic) bond motifs is 1.